The first-order valence-corrected chi connectivity index (χ1v) is 21.1. The third kappa shape index (κ3) is 39.3. The van der Waals surface area contributed by atoms with Crippen molar-refractivity contribution in [1.29, 1.82) is 0 Å². The van der Waals surface area contributed by atoms with Gasteiger partial charge in [0.05, 0.1) is 52.4 Å². The van der Waals surface area contributed by atoms with Crippen LogP contribution >= 0.6 is 0 Å². The van der Waals surface area contributed by atoms with Gasteiger partial charge in [-0.25, -0.2) is 0 Å². The summed E-state index contributed by atoms with van der Waals surface area (Å²) in [5.74, 6) is -1.89. The molecule has 0 spiro atoms. The highest BCUT2D eigenvalue weighted by molar-refractivity contribution is 5.64. The fraction of sp³-hybridized carbons (Fsp3) is 0.952. The molecule has 0 bridgehead atoms. The SMILES string of the molecule is CCCCC(=O)[O-].CCCCC(=O)[O-].CCCC[N+](CCCC)(CCCC)CCCC.CCCC[N+](CCCC)(CCCC)CCCC. The molecule has 0 N–H and O–H groups in total. The zero-order valence-electron chi connectivity index (χ0n) is 34.7. The maximum absolute atomic E-state index is 9.65. The van der Waals surface area contributed by atoms with E-state index in [0.29, 0.717) is 0 Å². The Morgan fingerprint density at radius 2 is 0.458 bits per heavy atom. The molecular formula is C42H90N2O4. The van der Waals surface area contributed by atoms with Gasteiger partial charge in [-0.15, -0.1) is 0 Å². The van der Waals surface area contributed by atoms with Crippen molar-refractivity contribution in [2.24, 2.45) is 0 Å². The maximum atomic E-state index is 9.65. The summed E-state index contributed by atoms with van der Waals surface area (Å²) in [4.78, 5) is 19.3. The second kappa shape index (κ2) is 42.0. The third-order valence-electron chi connectivity index (χ3n) is 9.36. The first kappa shape index (κ1) is 53.6. The van der Waals surface area contributed by atoms with Gasteiger partial charge < -0.3 is 28.8 Å². The summed E-state index contributed by atoms with van der Waals surface area (Å²) in [6.45, 7) is 33.9. The molecule has 0 aliphatic rings. The van der Waals surface area contributed by atoms with Crippen LogP contribution in [0, 0.1) is 0 Å². The average molecular weight is 687 g/mol. The van der Waals surface area contributed by atoms with Gasteiger partial charge in [-0.05, 0) is 77.0 Å². The van der Waals surface area contributed by atoms with E-state index < -0.39 is 11.9 Å². The quantitative estimate of drug-likeness (QED) is 0.0705. The minimum Gasteiger partial charge on any atom is -0.550 e. The van der Waals surface area contributed by atoms with Crippen LogP contribution in [0.3, 0.4) is 0 Å². The second-order valence-electron chi connectivity index (χ2n) is 14.3. The van der Waals surface area contributed by atoms with E-state index in [0.717, 1.165) is 25.7 Å². The predicted octanol–water partition coefficient (Wildman–Crippen LogP) is 9.86. The predicted molar refractivity (Wildman–Crippen MR) is 208 cm³/mol. The topological polar surface area (TPSA) is 80.3 Å². The molecule has 0 aromatic carbocycles. The number of rotatable bonds is 30. The monoisotopic (exact) mass is 687 g/mol. The summed E-state index contributed by atoms with van der Waals surface area (Å²) >= 11 is 0. The highest BCUT2D eigenvalue weighted by Crippen LogP contribution is 2.17. The van der Waals surface area contributed by atoms with Crippen LogP contribution in [0.15, 0.2) is 0 Å². The molecule has 0 heterocycles. The first-order chi connectivity index (χ1) is 23.0. The van der Waals surface area contributed by atoms with Gasteiger partial charge in [0.1, 0.15) is 0 Å². The zero-order valence-corrected chi connectivity index (χ0v) is 34.7. The minimum absolute atomic E-state index is 0.205. The van der Waals surface area contributed by atoms with E-state index in [-0.39, 0.29) is 12.8 Å². The number of unbranched alkanes of at least 4 members (excludes halogenated alkanes) is 10. The summed E-state index contributed by atoms with van der Waals surface area (Å²) in [7, 11) is 0. The molecule has 0 aliphatic carbocycles. The summed E-state index contributed by atoms with van der Waals surface area (Å²) in [5, 5.41) is 19.3. The molecular weight excluding hydrogens is 596 g/mol. The Balaban J connectivity index is -0.000000291. The normalized spacial score (nSPS) is 11.0. The van der Waals surface area contributed by atoms with E-state index in [1.54, 1.807) is 0 Å². The van der Waals surface area contributed by atoms with E-state index >= 15 is 0 Å². The van der Waals surface area contributed by atoms with Gasteiger partial charge in [0.25, 0.3) is 0 Å². The molecule has 292 valence electrons. The lowest BCUT2D eigenvalue weighted by atomic mass is 10.1. The van der Waals surface area contributed by atoms with Crippen molar-refractivity contribution < 1.29 is 28.8 Å². The summed E-state index contributed by atoms with van der Waals surface area (Å²) < 4.78 is 2.84. The van der Waals surface area contributed by atoms with Crippen LogP contribution in [-0.4, -0.2) is 73.3 Å². The number of carboxylic acids is 2. The number of hydrogen-bond acceptors (Lipinski definition) is 4. The third-order valence-corrected chi connectivity index (χ3v) is 9.36. The zero-order chi connectivity index (χ0) is 37.4. The Morgan fingerprint density at radius 1 is 0.312 bits per heavy atom. The van der Waals surface area contributed by atoms with Crippen molar-refractivity contribution in [2.75, 3.05) is 52.4 Å². The maximum Gasteiger partial charge on any atom is 0.0786 e. The molecule has 0 saturated heterocycles. The van der Waals surface area contributed by atoms with Crippen molar-refractivity contribution in [3.8, 4) is 0 Å². The molecule has 0 atom stereocenters. The number of carbonyl (C=O) groups excluding carboxylic acids is 2. The highest BCUT2D eigenvalue weighted by Gasteiger charge is 2.25. The number of carbonyl (C=O) groups is 2. The number of hydrogen-bond donors (Lipinski definition) is 0. The Morgan fingerprint density at radius 3 is 0.542 bits per heavy atom. The fourth-order valence-electron chi connectivity index (χ4n) is 5.93. The van der Waals surface area contributed by atoms with Crippen molar-refractivity contribution in [3.05, 3.63) is 0 Å². The van der Waals surface area contributed by atoms with E-state index in [4.69, 9.17) is 0 Å². The molecule has 6 heteroatoms. The molecule has 0 fully saturated rings. The van der Waals surface area contributed by atoms with Gasteiger partial charge in [0.2, 0.25) is 0 Å². The molecule has 0 rings (SSSR count). The number of quaternary nitrogens is 2. The molecule has 0 radical (unpaired) electrons. The summed E-state index contributed by atoms with van der Waals surface area (Å²) in [6.07, 6.45) is 25.9. The highest BCUT2D eigenvalue weighted by atomic mass is 16.4. The van der Waals surface area contributed by atoms with Gasteiger partial charge >= 0.3 is 0 Å². The summed E-state index contributed by atoms with van der Waals surface area (Å²) in [5.41, 5.74) is 0. The Labute approximate surface area is 303 Å². The molecule has 0 aliphatic heterocycles. The molecule has 0 amide bonds. The van der Waals surface area contributed by atoms with Crippen LogP contribution in [0.4, 0.5) is 0 Å². The largest absolute Gasteiger partial charge is 0.550 e. The molecule has 0 aromatic rings. The molecule has 6 nitrogen and oxygen atoms in total. The Hall–Kier alpha value is -1.14. The Bertz CT molecular complexity index is 512. The number of aliphatic carboxylic acids is 2. The molecule has 0 unspecified atom stereocenters. The lowest BCUT2D eigenvalue weighted by Gasteiger charge is -2.39. The summed E-state index contributed by atoms with van der Waals surface area (Å²) in [6, 6.07) is 0. The lowest BCUT2D eigenvalue weighted by molar-refractivity contribution is -0.929. The van der Waals surface area contributed by atoms with Gasteiger partial charge in [-0.1, -0.05) is 133 Å². The van der Waals surface area contributed by atoms with Crippen LogP contribution < -0.4 is 10.2 Å². The van der Waals surface area contributed by atoms with Crippen LogP contribution in [0.1, 0.15) is 210 Å². The minimum atomic E-state index is -0.943. The smallest absolute Gasteiger partial charge is 0.0786 e. The number of carboxylic acid groups (broad SMARTS) is 2. The fourth-order valence-corrected chi connectivity index (χ4v) is 5.93. The van der Waals surface area contributed by atoms with Crippen molar-refractivity contribution >= 4 is 11.9 Å². The van der Waals surface area contributed by atoms with Gasteiger partial charge in [0.15, 0.2) is 0 Å². The molecule has 0 saturated carbocycles. The molecule has 0 aromatic heterocycles. The van der Waals surface area contributed by atoms with Crippen LogP contribution in [0.2, 0.25) is 0 Å². The first-order valence-electron chi connectivity index (χ1n) is 21.1. The van der Waals surface area contributed by atoms with E-state index in [2.05, 4.69) is 55.4 Å². The van der Waals surface area contributed by atoms with Gasteiger partial charge in [-0.2, -0.15) is 0 Å². The van der Waals surface area contributed by atoms with Gasteiger partial charge in [0, 0.05) is 11.9 Å². The van der Waals surface area contributed by atoms with Crippen LogP contribution in [-0.2, 0) is 9.59 Å². The van der Waals surface area contributed by atoms with Crippen molar-refractivity contribution in [1.82, 2.24) is 0 Å². The van der Waals surface area contributed by atoms with Crippen LogP contribution in [0.5, 0.6) is 0 Å². The Kier molecular flexibility index (Phi) is 47.0. The van der Waals surface area contributed by atoms with Crippen LogP contribution in [0.25, 0.3) is 0 Å². The molecule has 48 heavy (non-hydrogen) atoms. The van der Waals surface area contributed by atoms with E-state index in [1.165, 1.54) is 164 Å². The standard InChI is InChI=1S/2C16H36N.2C5H10O2/c2*1-5-9-13-17(14-10-6-2,15-11-7-3)16-12-8-4;2*1-2-3-4-5(6)7/h2*5-16H2,1-4H3;2*2-4H2,1H3,(H,6,7)/q2*+1;;/p-2. The van der Waals surface area contributed by atoms with E-state index in [1.807, 2.05) is 13.8 Å². The van der Waals surface area contributed by atoms with Gasteiger partial charge in [-0.3, -0.25) is 0 Å². The van der Waals surface area contributed by atoms with Crippen molar-refractivity contribution in [2.45, 2.75) is 210 Å². The van der Waals surface area contributed by atoms with Crippen molar-refractivity contribution in [3.63, 3.8) is 0 Å². The lowest BCUT2D eigenvalue weighted by Crippen LogP contribution is -2.50. The average Bonchev–Trinajstić information content (AvgIpc) is 3.09. The van der Waals surface area contributed by atoms with E-state index in [9.17, 15) is 19.8 Å². The number of nitrogens with zero attached hydrogens (tertiary/aromatic N) is 2. The second-order valence-corrected chi connectivity index (χ2v) is 14.3.